The van der Waals surface area contributed by atoms with Gasteiger partial charge >= 0.3 is 7.05 Å². The molecule has 0 aliphatic rings. The Morgan fingerprint density at radius 1 is 1.36 bits per heavy atom. The van der Waals surface area contributed by atoms with Crippen LogP contribution in [0.1, 0.15) is 5.56 Å². The lowest BCUT2D eigenvalue weighted by molar-refractivity contribution is 0.252. The molecule has 1 atom stereocenters. The third-order valence-corrected chi connectivity index (χ3v) is 2.02. The highest BCUT2D eigenvalue weighted by Gasteiger charge is 2.12. The summed E-state index contributed by atoms with van der Waals surface area (Å²) in [5.41, 5.74) is 1.15. The van der Waals surface area contributed by atoms with Gasteiger partial charge in [-0.1, -0.05) is 30.3 Å². The molecule has 1 unspecified atom stereocenters. The largest absolute Gasteiger partial charge is 0.437 e. The lowest BCUT2D eigenvalue weighted by atomic mass is 9.86. The molecule has 3 N–H and O–H groups in total. The molecule has 0 amide bonds. The quantitative estimate of drug-likeness (QED) is 0.589. The molecule has 14 heavy (non-hydrogen) atoms. The molecule has 1 rings (SSSR count). The molecule has 0 fully saturated rings. The zero-order valence-corrected chi connectivity index (χ0v) is 8.35. The summed E-state index contributed by atoms with van der Waals surface area (Å²) >= 11 is 0. The molecular formula is C10H16BNO2. The van der Waals surface area contributed by atoms with Crippen LogP contribution in [0.2, 0.25) is 6.82 Å². The molecule has 0 saturated heterocycles. The summed E-state index contributed by atoms with van der Waals surface area (Å²) in [6.45, 7) is 1.67. The van der Waals surface area contributed by atoms with E-state index < -0.39 is 7.05 Å². The van der Waals surface area contributed by atoms with Crippen LogP contribution in [-0.4, -0.2) is 29.8 Å². The highest BCUT2D eigenvalue weighted by molar-refractivity contribution is 6.45. The van der Waals surface area contributed by atoms with Crippen LogP contribution < -0.4 is 5.23 Å². The van der Waals surface area contributed by atoms with Crippen LogP contribution in [0.25, 0.3) is 0 Å². The summed E-state index contributed by atoms with van der Waals surface area (Å²) in [5, 5.41) is 21.1. The van der Waals surface area contributed by atoms with Crippen LogP contribution in [0.3, 0.4) is 0 Å². The molecule has 0 spiro atoms. The molecular weight excluding hydrogens is 177 g/mol. The van der Waals surface area contributed by atoms with Crippen LogP contribution >= 0.6 is 0 Å². The van der Waals surface area contributed by atoms with Crippen molar-refractivity contribution in [1.29, 1.82) is 0 Å². The maximum atomic E-state index is 9.11. The van der Waals surface area contributed by atoms with E-state index in [1.54, 1.807) is 6.82 Å². The monoisotopic (exact) mass is 193 g/mol. The molecule has 1 aromatic carbocycles. The Labute approximate surface area is 84.9 Å². The van der Waals surface area contributed by atoms with E-state index in [0.29, 0.717) is 0 Å². The van der Waals surface area contributed by atoms with Crippen LogP contribution in [0.15, 0.2) is 30.3 Å². The molecule has 0 saturated carbocycles. The fourth-order valence-electron chi connectivity index (χ4n) is 1.42. The van der Waals surface area contributed by atoms with Gasteiger partial charge in [-0.25, -0.2) is 0 Å². The fraction of sp³-hybridized carbons (Fsp3) is 0.400. The van der Waals surface area contributed by atoms with Crippen molar-refractivity contribution in [3.63, 3.8) is 0 Å². The zero-order valence-electron chi connectivity index (χ0n) is 8.35. The molecule has 0 radical (unpaired) electrons. The van der Waals surface area contributed by atoms with Crippen molar-refractivity contribution in [2.45, 2.75) is 19.3 Å². The SMILES string of the molecule is CB(O)NC(CO)Cc1ccccc1. The lowest BCUT2D eigenvalue weighted by Crippen LogP contribution is -2.43. The molecule has 0 bridgehead atoms. The van der Waals surface area contributed by atoms with Gasteiger partial charge in [-0.15, -0.1) is 0 Å². The van der Waals surface area contributed by atoms with Crippen molar-refractivity contribution < 1.29 is 10.1 Å². The van der Waals surface area contributed by atoms with E-state index >= 15 is 0 Å². The number of rotatable bonds is 5. The number of hydrogen-bond acceptors (Lipinski definition) is 3. The van der Waals surface area contributed by atoms with Crippen LogP contribution in [0.4, 0.5) is 0 Å². The topological polar surface area (TPSA) is 52.5 Å². The highest BCUT2D eigenvalue weighted by atomic mass is 16.3. The Bertz CT molecular complexity index is 254. The van der Waals surface area contributed by atoms with Gasteiger partial charge in [0.25, 0.3) is 0 Å². The summed E-state index contributed by atoms with van der Waals surface area (Å²) in [4.78, 5) is 0. The summed E-state index contributed by atoms with van der Waals surface area (Å²) in [7, 11) is -0.587. The van der Waals surface area contributed by atoms with E-state index in [-0.39, 0.29) is 12.6 Å². The number of nitrogens with one attached hydrogen (secondary N) is 1. The van der Waals surface area contributed by atoms with Crippen molar-refractivity contribution in [1.82, 2.24) is 5.23 Å². The first-order valence-corrected chi connectivity index (χ1v) is 4.81. The maximum absolute atomic E-state index is 9.11. The fourth-order valence-corrected chi connectivity index (χ4v) is 1.42. The average Bonchev–Trinajstić information content (AvgIpc) is 2.17. The highest BCUT2D eigenvalue weighted by Crippen LogP contribution is 2.02. The second-order valence-corrected chi connectivity index (χ2v) is 3.41. The molecule has 3 nitrogen and oxygen atoms in total. The number of aliphatic hydroxyl groups is 1. The van der Waals surface area contributed by atoms with Crippen molar-refractivity contribution in [3.8, 4) is 0 Å². The first-order chi connectivity index (χ1) is 6.72. The van der Waals surface area contributed by atoms with Crippen molar-refractivity contribution >= 4 is 7.05 Å². The van der Waals surface area contributed by atoms with Crippen LogP contribution in [-0.2, 0) is 6.42 Å². The third kappa shape index (κ3) is 3.92. The van der Waals surface area contributed by atoms with Gasteiger partial charge in [-0.05, 0) is 18.8 Å². The van der Waals surface area contributed by atoms with Crippen molar-refractivity contribution in [2.75, 3.05) is 6.61 Å². The van der Waals surface area contributed by atoms with Crippen LogP contribution in [0, 0.1) is 0 Å². The van der Waals surface area contributed by atoms with E-state index in [0.717, 1.165) is 12.0 Å². The molecule has 76 valence electrons. The Morgan fingerprint density at radius 3 is 2.50 bits per heavy atom. The molecule has 1 aromatic rings. The summed E-state index contributed by atoms with van der Waals surface area (Å²) in [6.07, 6.45) is 0.724. The predicted molar refractivity (Wildman–Crippen MR) is 58.0 cm³/mol. The van der Waals surface area contributed by atoms with E-state index in [1.807, 2.05) is 30.3 Å². The first-order valence-electron chi connectivity index (χ1n) is 4.81. The number of aliphatic hydroxyl groups excluding tert-OH is 1. The second-order valence-electron chi connectivity index (χ2n) is 3.41. The number of benzene rings is 1. The molecule has 0 aliphatic carbocycles. The van der Waals surface area contributed by atoms with Gasteiger partial charge in [0.1, 0.15) is 0 Å². The molecule has 0 aliphatic heterocycles. The van der Waals surface area contributed by atoms with Crippen molar-refractivity contribution in [2.24, 2.45) is 0 Å². The van der Waals surface area contributed by atoms with Gasteiger partial charge in [0.2, 0.25) is 0 Å². The minimum absolute atomic E-state index is 0.0276. The molecule has 4 heteroatoms. The summed E-state index contributed by atoms with van der Waals surface area (Å²) in [6, 6.07) is 9.81. The first kappa shape index (κ1) is 11.2. The summed E-state index contributed by atoms with van der Waals surface area (Å²) in [5.74, 6) is 0. The molecule has 0 aromatic heterocycles. The third-order valence-electron chi connectivity index (χ3n) is 2.02. The average molecular weight is 193 g/mol. The lowest BCUT2D eigenvalue weighted by Gasteiger charge is -2.16. The predicted octanol–water partition coefficient (Wildman–Crippen LogP) is 0.290. The normalized spacial score (nSPS) is 12.5. The van der Waals surface area contributed by atoms with Crippen LogP contribution in [0.5, 0.6) is 0 Å². The smallest absolute Gasteiger partial charge is 0.373 e. The maximum Gasteiger partial charge on any atom is 0.373 e. The van der Waals surface area contributed by atoms with Gasteiger partial charge in [0.15, 0.2) is 0 Å². The van der Waals surface area contributed by atoms with Gasteiger partial charge in [-0.3, -0.25) is 0 Å². The molecule has 0 heterocycles. The Balaban J connectivity index is 2.48. The van der Waals surface area contributed by atoms with Gasteiger partial charge < -0.3 is 15.4 Å². The second kappa shape index (κ2) is 5.80. The van der Waals surface area contributed by atoms with Gasteiger partial charge in [-0.2, -0.15) is 0 Å². The zero-order chi connectivity index (χ0) is 10.4. The van der Waals surface area contributed by atoms with Gasteiger partial charge in [0.05, 0.1) is 6.61 Å². The Hall–Kier alpha value is -0.835. The standard InChI is InChI=1S/C10H16BNO2/c1-11(14)12-10(8-13)7-9-5-3-2-4-6-9/h2-6,10,12-14H,7-8H2,1H3. The van der Waals surface area contributed by atoms with Crippen molar-refractivity contribution in [3.05, 3.63) is 35.9 Å². The minimum atomic E-state index is -0.587. The minimum Gasteiger partial charge on any atom is -0.437 e. The van der Waals surface area contributed by atoms with Gasteiger partial charge in [0, 0.05) is 6.04 Å². The van der Waals surface area contributed by atoms with E-state index in [2.05, 4.69) is 5.23 Å². The Kier molecular flexibility index (Phi) is 4.66. The summed E-state index contributed by atoms with van der Waals surface area (Å²) < 4.78 is 0. The number of hydrogen-bond donors (Lipinski definition) is 3. The van der Waals surface area contributed by atoms with E-state index in [9.17, 15) is 0 Å². The van der Waals surface area contributed by atoms with E-state index in [1.165, 1.54) is 0 Å². The van der Waals surface area contributed by atoms with E-state index in [4.69, 9.17) is 10.1 Å². The Morgan fingerprint density at radius 2 is 2.00 bits per heavy atom.